The highest BCUT2D eigenvalue weighted by Crippen LogP contribution is 2.36. The quantitative estimate of drug-likeness (QED) is 0.789. The number of carbonyl (C=O) groups is 1. The third kappa shape index (κ3) is 3.50. The zero-order valence-corrected chi connectivity index (χ0v) is 13.0. The van der Waals surface area contributed by atoms with Gasteiger partial charge in [-0.15, -0.1) is 10.2 Å². The summed E-state index contributed by atoms with van der Waals surface area (Å²) >= 11 is 4.40. The van der Waals surface area contributed by atoms with Gasteiger partial charge in [0.15, 0.2) is 4.34 Å². The van der Waals surface area contributed by atoms with Gasteiger partial charge in [-0.1, -0.05) is 23.1 Å². The molecular weight excluding hydrogens is 314 g/mol. The van der Waals surface area contributed by atoms with Crippen molar-refractivity contribution >= 4 is 45.5 Å². The van der Waals surface area contributed by atoms with Crippen LogP contribution in [0.1, 0.15) is 18.4 Å². The predicted octanol–water partition coefficient (Wildman–Crippen LogP) is 2.95. The van der Waals surface area contributed by atoms with Crippen LogP contribution in [-0.2, 0) is 11.3 Å². The van der Waals surface area contributed by atoms with Crippen molar-refractivity contribution in [2.24, 2.45) is 0 Å². The Balaban J connectivity index is 1.69. The lowest BCUT2D eigenvalue weighted by Crippen LogP contribution is -2.24. The Morgan fingerprint density at radius 1 is 1.50 bits per heavy atom. The molecule has 1 aliphatic rings. The molecule has 2 heterocycles. The molecule has 106 valence electrons. The van der Waals surface area contributed by atoms with Gasteiger partial charge in [0.05, 0.1) is 5.75 Å². The van der Waals surface area contributed by atoms with Gasteiger partial charge in [-0.25, -0.2) is 0 Å². The van der Waals surface area contributed by atoms with E-state index < -0.39 is 5.97 Å². The first-order chi connectivity index (χ1) is 9.72. The molecule has 1 N–H and O–H groups in total. The number of anilines is 1. The SMILES string of the molecule is O=C(O)CSc1nnc(N(Cc2ccsc2)C2CC2)s1. The minimum absolute atomic E-state index is 0.0303. The van der Waals surface area contributed by atoms with E-state index >= 15 is 0 Å². The van der Waals surface area contributed by atoms with E-state index in [9.17, 15) is 4.79 Å². The summed E-state index contributed by atoms with van der Waals surface area (Å²) in [5.41, 5.74) is 1.29. The van der Waals surface area contributed by atoms with Crippen molar-refractivity contribution in [2.75, 3.05) is 10.7 Å². The number of thioether (sulfide) groups is 1. The number of thiophene rings is 1. The standard InChI is InChI=1S/C12H13N3O2S3/c16-10(17)7-19-12-14-13-11(20-12)15(9-1-2-9)5-8-3-4-18-6-8/h3-4,6,9H,1-2,5,7H2,(H,16,17). The van der Waals surface area contributed by atoms with E-state index in [4.69, 9.17) is 5.11 Å². The van der Waals surface area contributed by atoms with E-state index in [1.807, 2.05) is 0 Å². The lowest BCUT2D eigenvalue weighted by Gasteiger charge is -2.19. The zero-order valence-electron chi connectivity index (χ0n) is 10.6. The van der Waals surface area contributed by atoms with Gasteiger partial charge >= 0.3 is 5.97 Å². The number of carboxylic acid groups (broad SMARTS) is 1. The topological polar surface area (TPSA) is 66.3 Å². The van der Waals surface area contributed by atoms with Crippen LogP contribution in [0, 0.1) is 0 Å². The third-order valence-electron chi connectivity index (χ3n) is 2.88. The fraction of sp³-hybridized carbons (Fsp3) is 0.417. The summed E-state index contributed by atoms with van der Waals surface area (Å²) < 4.78 is 0.721. The van der Waals surface area contributed by atoms with Gasteiger partial charge in [0.2, 0.25) is 5.13 Å². The van der Waals surface area contributed by atoms with Gasteiger partial charge < -0.3 is 10.0 Å². The Kier molecular flexibility index (Phi) is 4.23. The molecule has 2 aromatic heterocycles. The lowest BCUT2D eigenvalue weighted by molar-refractivity contribution is -0.133. The Morgan fingerprint density at radius 2 is 2.35 bits per heavy atom. The molecule has 0 spiro atoms. The summed E-state index contributed by atoms with van der Waals surface area (Å²) in [6, 6.07) is 2.68. The van der Waals surface area contributed by atoms with Gasteiger partial charge in [-0.3, -0.25) is 4.79 Å². The van der Waals surface area contributed by atoms with Crippen molar-refractivity contribution < 1.29 is 9.90 Å². The first-order valence-electron chi connectivity index (χ1n) is 6.18. The first kappa shape index (κ1) is 13.8. The number of aromatic nitrogens is 2. The molecule has 0 unspecified atom stereocenters. The van der Waals surface area contributed by atoms with Crippen molar-refractivity contribution in [3.8, 4) is 0 Å². The van der Waals surface area contributed by atoms with Gasteiger partial charge in [-0.05, 0) is 35.2 Å². The number of hydrogen-bond donors (Lipinski definition) is 1. The van der Waals surface area contributed by atoms with E-state index in [0.29, 0.717) is 6.04 Å². The van der Waals surface area contributed by atoms with Gasteiger partial charge in [-0.2, -0.15) is 11.3 Å². The number of nitrogens with zero attached hydrogens (tertiary/aromatic N) is 3. The van der Waals surface area contributed by atoms with Crippen LogP contribution < -0.4 is 4.90 Å². The third-order valence-corrected chi connectivity index (χ3v) is 5.69. The van der Waals surface area contributed by atoms with Crippen LogP contribution in [0.15, 0.2) is 21.2 Å². The van der Waals surface area contributed by atoms with Crippen LogP contribution in [-0.4, -0.2) is 33.1 Å². The van der Waals surface area contributed by atoms with Crippen LogP contribution >= 0.6 is 34.4 Å². The molecule has 5 nitrogen and oxygen atoms in total. The summed E-state index contributed by atoms with van der Waals surface area (Å²) in [5.74, 6) is -0.799. The Morgan fingerprint density at radius 3 is 3.00 bits per heavy atom. The largest absolute Gasteiger partial charge is 0.481 e. The Hall–Kier alpha value is -1.12. The number of carboxylic acids is 1. The molecule has 2 aromatic rings. The maximum absolute atomic E-state index is 10.6. The number of aliphatic carboxylic acids is 1. The van der Waals surface area contributed by atoms with E-state index in [2.05, 4.69) is 31.9 Å². The second-order valence-corrected chi connectivity index (χ2v) is 7.48. The molecule has 0 aliphatic heterocycles. The van der Waals surface area contributed by atoms with Crippen LogP contribution in [0.3, 0.4) is 0 Å². The van der Waals surface area contributed by atoms with Crippen molar-refractivity contribution in [3.63, 3.8) is 0 Å². The molecular formula is C12H13N3O2S3. The minimum Gasteiger partial charge on any atom is -0.481 e. The fourth-order valence-corrected chi connectivity index (χ4v) is 4.11. The maximum Gasteiger partial charge on any atom is 0.313 e. The molecule has 0 aromatic carbocycles. The predicted molar refractivity (Wildman–Crippen MR) is 81.8 cm³/mol. The second-order valence-electron chi connectivity index (χ2n) is 4.52. The Labute approximate surface area is 128 Å². The van der Waals surface area contributed by atoms with Gasteiger partial charge in [0, 0.05) is 12.6 Å². The molecule has 0 atom stereocenters. The van der Waals surface area contributed by atoms with Crippen LogP contribution in [0.4, 0.5) is 5.13 Å². The summed E-state index contributed by atoms with van der Waals surface area (Å²) in [5, 5.41) is 22.1. The fourth-order valence-electron chi connectivity index (χ4n) is 1.82. The molecule has 1 fully saturated rings. The van der Waals surface area contributed by atoms with Crippen LogP contribution in [0.2, 0.25) is 0 Å². The highest BCUT2D eigenvalue weighted by Gasteiger charge is 2.31. The average Bonchev–Trinajstić information content (AvgIpc) is 2.95. The van der Waals surface area contributed by atoms with Crippen molar-refractivity contribution in [2.45, 2.75) is 29.8 Å². The molecule has 0 amide bonds. The van der Waals surface area contributed by atoms with E-state index in [1.165, 1.54) is 41.5 Å². The molecule has 3 rings (SSSR count). The summed E-state index contributed by atoms with van der Waals surface area (Å²) in [7, 11) is 0. The Bertz CT molecular complexity index is 581. The summed E-state index contributed by atoms with van der Waals surface area (Å²) in [6.45, 7) is 0.854. The van der Waals surface area contributed by atoms with Crippen molar-refractivity contribution in [3.05, 3.63) is 22.4 Å². The normalized spacial score (nSPS) is 14.4. The zero-order chi connectivity index (χ0) is 13.9. The highest BCUT2D eigenvalue weighted by atomic mass is 32.2. The molecule has 20 heavy (non-hydrogen) atoms. The van der Waals surface area contributed by atoms with E-state index in [-0.39, 0.29) is 5.75 Å². The molecule has 1 saturated carbocycles. The molecule has 0 bridgehead atoms. The molecule has 1 aliphatic carbocycles. The summed E-state index contributed by atoms with van der Waals surface area (Å²) in [4.78, 5) is 12.9. The molecule has 0 saturated heterocycles. The molecule has 0 radical (unpaired) electrons. The second kappa shape index (κ2) is 6.11. The highest BCUT2D eigenvalue weighted by molar-refractivity contribution is 8.01. The number of rotatable bonds is 7. The molecule has 8 heteroatoms. The maximum atomic E-state index is 10.6. The van der Waals surface area contributed by atoms with Crippen molar-refractivity contribution in [1.29, 1.82) is 0 Å². The van der Waals surface area contributed by atoms with E-state index in [0.717, 1.165) is 16.0 Å². The van der Waals surface area contributed by atoms with Crippen molar-refractivity contribution in [1.82, 2.24) is 10.2 Å². The van der Waals surface area contributed by atoms with Gasteiger partial charge in [0.25, 0.3) is 0 Å². The average molecular weight is 327 g/mol. The summed E-state index contributed by atoms with van der Waals surface area (Å²) in [6.07, 6.45) is 2.39. The van der Waals surface area contributed by atoms with Crippen LogP contribution in [0.5, 0.6) is 0 Å². The lowest BCUT2D eigenvalue weighted by atomic mass is 10.3. The minimum atomic E-state index is -0.830. The van der Waals surface area contributed by atoms with Gasteiger partial charge in [0.1, 0.15) is 0 Å². The monoisotopic (exact) mass is 327 g/mol. The number of hydrogen-bond acceptors (Lipinski definition) is 7. The first-order valence-corrected chi connectivity index (χ1v) is 8.92. The smallest absolute Gasteiger partial charge is 0.313 e. The van der Waals surface area contributed by atoms with Crippen LogP contribution in [0.25, 0.3) is 0 Å². The van der Waals surface area contributed by atoms with E-state index in [1.54, 1.807) is 11.3 Å².